The second-order valence-corrected chi connectivity index (χ2v) is 6.32. The Balaban J connectivity index is 1.83. The van der Waals surface area contributed by atoms with Crippen molar-refractivity contribution >= 4 is 23.3 Å². The fourth-order valence-electron chi connectivity index (χ4n) is 3.23. The van der Waals surface area contributed by atoms with E-state index in [1.165, 1.54) is 0 Å². The number of ether oxygens (including phenoxy) is 1. The lowest BCUT2D eigenvalue weighted by Gasteiger charge is -2.25. The number of aromatic nitrogens is 2. The Morgan fingerprint density at radius 2 is 1.92 bits per heavy atom. The van der Waals surface area contributed by atoms with Crippen molar-refractivity contribution in [2.75, 3.05) is 12.4 Å². The number of para-hydroxylation sites is 1. The van der Waals surface area contributed by atoms with Gasteiger partial charge in [0.05, 0.1) is 19.0 Å². The van der Waals surface area contributed by atoms with E-state index in [0.29, 0.717) is 17.3 Å². The Morgan fingerprint density at radius 1 is 1.16 bits per heavy atom. The number of methoxy groups -OCH3 is 1. The highest BCUT2D eigenvalue weighted by atomic mass is 35.5. The van der Waals surface area contributed by atoms with E-state index in [9.17, 15) is 4.79 Å². The minimum absolute atomic E-state index is 0.0425. The van der Waals surface area contributed by atoms with Crippen molar-refractivity contribution in [1.82, 2.24) is 9.78 Å². The molecule has 6 heteroatoms. The van der Waals surface area contributed by atoms with Gasteiger partial charge in [0.2, 0.25) is 5.91 Å². The first-order chi connectivity index (χ1) is 12.2. The van der Waals surface area contributed by atoms with Gasteiger partial charge >= 0.3 is 0 Å². The Kier molecular flexibility index (Phi) is 3.93. The maximum Gasteiger partial charge on any atom is 0.226 e. The second-order valence-electron chi connectivity index (χ2n) is 5.88. The number of benzene rings is 2. The number of halogens is 1. The van der Waals surface area contributed by atoms with Gasteiger partial charge in [-0.3, -0.25) is 4.79 Å². The van der Waals surface area contributed by atoms with Gasteiger partial charge in [0, 0.05) is 28.5 Å². The molecule has 0 fully saturated rings. The zero-order valence-corrected chi connectivity index (χ0v) is 14.3. The smallest absolute Gasteiger partial charge is 0.226 e. The first kappa shape index (κ1) is 15.7. The van der Waals surface area contributed by atoms with Crippen molar-refractivity contribution in [1.29, 1.82) is 0 Å². The van der Waals surface area contributed by atoms with E-state index in [-0.39, 0.29) is 11.8 Å². The van der Waals surface area contributed by atoms with E-state index in [1.807, 2.05) is 36.4 Å². The Bertz CT molecular complexity index is 934. The zero-order chi connectivity index (χ0) is 17.4. The van der Waals surface area contributed by atoms with Crippen molar-refractivity contribution in [2.45, 2.75) is 12.3 Å². The molecule has 0 radical (unpaired) electrons. The normalized spacial score (nSPS) is 16.2. The average molecular weight is 354 g/mol. The minimum Gasteiger partial charge on any atom is -0.496 e. The monoisotopic (exact) mass is 353 g/mol. The molecular formula is C19H16ClN3O2. The summed E-state index contributed by atoms with van der Waals surface area (Å²) < 4.78 is 7.21. The summed E-state index contributed by atoms with van der Waals surface area (Å²) in [6.45, 7) is 0. The van der Waals surface area contributed by atoms with Crippen LogP contribution in [0.5, 0.6) is 5.75 Å². The second kappa shape index (κ2) is 6.26. The summed E-state index contributed by atoms with van der Waals surface area (Å²) in [6.07, 6.45) is 2.17. The van der Waals surface area contributed by atoms with Gasteiger partial charge in [-0.1, -0.05) is 29.8 Å². The molecule has 0 bridgehead atoms. The summed E-state index contributed by atoms with van der Waals surface area (Å²) in [7, 11) is 1.64. The maximum atomic E-state index is 12.3. The number of hydrogen-bond acceptors (Lipinski definition) is 3. The topological polar surface area (TPSA) is 56.1 Å². The van der Waals surface area contributed by atoms with E-state index in [1.54, 1.807) is 30.1 Å². The van der Waals surface area contributed by atoms with E-state index >= 15 is 0 Å². The van der Waals surface area contributed by atoms with Gasteiger partial charge < -0.3 is 10.1 Å². The van der Waals surface area contributed by atoms with E-state index in [2.05, 4.69) is 10.4 Å². The highest BCUT2D eigenvalue weighted by Gasteiger charge is 2.31. The summed E-state index contributed by atoms with van der Waals surface area (Å²) in [5.41, 5.74) is 2.79. The van der Waals surface area contributed by atoms with Crippen molar-refractivity contribution < 1.29 is 9.53 Å². The molecule has 1 N–H and O–H groups in total. The molecule has 0 saturated carbocycles. The van der Waals surface area contributed by atoms with Crippen molar-refractivity contribution in [3.8, 4) is 11.4 Å². The number of nitrogens with zero attached hydrogens (tertiary/aromatic N) is 2. The zero-order valence-electron chi connectivity index (χ0n) is 13.6. The number of anilines is 1. The van der Waals surface area contributed by atoms with Crippen LogP contribution in [0.4, 0.5) is 5.82 Å². The predicted octanol–water partition coefficient (Wildman–Crippen LogP) is 4.01. The summed E-state index contributed by atoms with van der Waals surface area (Å²) >= 11 is 5.96. The Labute approximate surface area is 150 Å². The number of carbonyl (C=O) groups excluding carboxylic acids is 1. The van der Waals surface area contributed by atoms with Crippen molar-refractivity contribution in [2.24, 2.45) is 0 Å². The summed E-state index contributed by atoms with van der Waals surface area (Å²) in [6, 6.07) is 15.1. The number of carbonyl (C=O) groups is 1. The summed E-state index contributed by atoms with van der Waals surface area (Å²) in [4.78, 5) is 12.3. The van der Waals surface area contributed by atoms with Crippen LogP contribution < -0.4 is 10.1 Å². The lowest BCUT2D eigenvalue weighted by Crippen LogP contribution is -2.24. The Hall–Kier alpha value is -2.79. The van der Waals surface area contributed by atoms with Gasteiger partial charge in [-0.15, -0.1) is 0 Å². The van der Waals surface area contributed by atoms with Crippen molar-refractivity contribution in [3.63, 3.8) is 0 Å². The highest BCUT2D eigenvalue weighted by Crippen LogP contribution is 2.41. The van der Waals surface area contributed by atoms with E-state index < -0.39 is 0 Å². The molecular weight excluding hydrogens is 338 g/mol. The lowest BCUT2D eigenvalue weighted by molar-refractivity contribution is -0.116. The van der Waals surface area contributed by atoms with Crippen LogP contribution in [0.3, 0.4) is 0 Å². The molecule has 1 aliphatic heterocycles. The van der Waals surface area contributed by atoms with Gasteiger partial charge in [0.15, 0.2) is 0 Å². The first-order valence-electron chi connectivity index (χ1n) is 7.94. The third-order valence-electron chi connectivity index (χ3n) is 4.41. The SMILES string of the molecule is COc1ccccc1[C@@H]1CC(=O)Nc2c1cnn2-c1ccc(Cl)cc1. The molecule has 1 aromatic heterocycles. The van der Waals surface area contributed by atoms with Crippen LogP contribution in [0.1, 0.15) is 23.5 Å². The van der Waals surface area contributed by atoms with Gasteiger partial charge in [-0.25, -0.2) is 4.68 Å². The van der Waals surface area contributed by atoms with Crippen LogP contribution >= 0.6 is 11.6 Å². The molecule has 2 heterocycles. The van der Waals surface area contributed by atoms with Crippen LogP contribution in [-0.2, 0) is 4.79 Å². The quantitative estimate of drug-likeness (QED) is 0.774. The predicted molar refractivity (Wildman–Crippen MR) is 96.7 cm³/mol. The van der Waals surface area contributed by atoms with Crippen LogP contribution in [-0.4, -0.2) is 22.8 Å². The molecule has 3 aromatic rings. The third-order valence-corrected chi connectivity index (χ3v) is 4.66. The molecule has 1 atom stereocenters. The maximum absolute atomic E-state index is 12.3. The van der Waals surface area contributed by atoms with Crippen LogP contribution in [0, 0.1) is 0 Å². The van der Waals surface area contributed by atoms with Gasteiger partial charge in [-0.2, -0.15) is 5.10 Å². The molecule has 25 heavy (non-hydrogen) atoms. The molecule has 1 amide bonds. The fourth-order valence-corrected chi connectivity index (χ4v) is 3.36. The largest absolute Gasteiger partial charge is 0.496 e. The molecule has 0 saturated heterocycles. The van der Waals surface area contributed by atoms with Crippen LogP contribution in [0.15, 0.2) is 54.7 Å². The standard InChI is InChI=1S/C19H16ClN3O2/c1-25-17-5-3-2-4-14(17)15-10-18(24)22-19-16(15)11-21-23(19)13-8-6-12(20)7-9-13/h2-9,11,15H,10H2,1H3,(H,22,24)/t15-/m0/s1. The minimum atomic E-state index is -0.0963. The molecule has 0 spiro atoms. The molecule has 0 aliphatic carbocycles. The molecule has 5 nitrogen and oxygen atoms in total. The summed E-state index contributed by atoms with van der Waals surface area (Å²) in [5, 5.41) is 8.08. The van der Waals surface area contributed by atoms with Gasteiger partial charge in [0.1, 0.15) is 11.6 Å². The Morgan fingerprint density at radius 3 is 2.68 bits per heavy atom. The lowest BCUT2D eigenvalue weighted by atomic mass is 9.87. The average Bonchev–Trinajstić information content (AvgIpc) is 3.05. The molecule has 2 aromatic carbocycles. The molecule has 4 rings (SSSR count). The van der Waals surface area contributed by atoms with E-state index in [0.717, 1.165) is 22.6 Å². The molecule has 0 unspecified atom stereocenters. The van der Waals surface area contributed by atoms with Crippen LogP contribution in [0.25, 0.3) is 5.69 Å². The number of fused-ring (bicyclic) bond motifs is 1. The van der Waals surface area contributed by atoms with Crippen molar-refractivity contribution in [3.05, 3.63) is 70.9 Å². The number of rotatable bonds is 3. The fraction of sp³-hybridized carbons (Fsp3) is 0.158. The molecule has 126 valence electrons. The number of amides is 1. The third kappa shape index (κ3) is 2.76. The van der Waals surface area contributed by atoms with E-state index in [4.69, 9.17) is 16.3 Å². The highest BCUT2D eigenvalue weighted by molar-refractivity contribution is 6.30. The van der Waals surface area contributed by atoms with Gasteiger partial charge in [0.25, 0.3) is 0 Å². The van der Waals surface area contributed by atoms with Crippen LogP contribution in [0.2, 0.25) is 5.02 Å². The summed E-state index contributed by atoms with van der Waals surface area (Å²) in [5.74, 6) is 1.32. The number of hydrogen-bond donors (Lipinski definition) is 1. The van der Waals surface area contributed by atoms with Gasteiger partial charge in [-0.05, 0) is 30.3 Å². The first-order valence-corrected chi connectivity index (χ1v) is 8.32. The molecule has 1 aliphatic rings. The number of nitrogens with one attached hydrogen (secondary N) is 1.